The number of fused-ring (bicyclic) bond motifs is 1. The monoisotopic (exact) mass is 472 g/mol. The van der Waals surface area contributed by atoms with Crippen molar-refractivity contribution >= 4 is 40.0 Å². The van der Waals surface area contributed by atoms with Crippen LogP contribution in [0.5, 0.6) is 0 Å². The number of hydrogen-bond acceptors (Lipinski definition) is 6. The molecular weight excluding hydrogens is 448 g/mol. The van der Waals surface area contributed by atoms with Crippen LogP contribution in [0.25, 0.3) is 11.1 Å². The number of morpholine rings is 1. The molecule has 2 heterocycles. The molecule has 0 atom stereocenters. The van der Waals surface area contributed by atoms with E-state index < -0.39 is 5.76 Å². The second kappa shape index (κ2) is 9.86. The molecular formula is C26H24N4O5. The molecule has 0 unspecified atom stereocenters. The first-order valence-electron chi connectivity index (χ1n) is 11.3. The number of hydrogen-bond donors (Lipinski definition) is 2. The Kier molecular flexibility index (Phi) is 6.32. The highest BCUT2D eigenvalue weighted by Crippen LogP contribution is 2.20. The molecule has 0 aliphatic carbocycles. The topological polar surface area (TPSA) is 106 Å². The maximum atomic E-state index is 12.7. The summed E-state index contributed by atoms with van der Waals surface area (Å²) in [6, 6.07) is 21.3. The van der Waals surface area contributed by atoms with Gasteiger partial charge < -0.3 is 24.7 Å². The Bertz CT molecular complexity index is 1400. The van der Waals surface area contributed by atoms with Crippen LogP contribution in [-0.2, 0) is 16.1 Å². The molecule has 9 heteroatoms. The van der Waals surface area contributed by atoms with Crippen molar-refractivity contribution in [3.63, 3.8) is 0 Å². The Hall–Kier alpha value is -4.37. The lowest BCUT2D eigenvalue weighted by molar-refractivity contribution is -0.116. The van der Waals surface area contributed by atoms with E-state index in [4.69, 9.17) is 9.15 Å². The van der Waals surface area contributed by atoms with Crippen LogP contribution in [0, 0.1) is 0 Å². The van der Waals surface area contributed by atoms with Gasteiger partial charge in [-0.3, -0.25) is 14.2 Å². The minimum absolute atomic E-state index is 0.249. The quantitative estimate of drug-likeness (QED) is 0.446. The Labute approximate surface area is 200 Å². The molecule has 5 rings (SSSR count). The van der Waals surface area contributed by atoms with Crippen molar-refractivity contribution < 1.29 is 18.7 Å². The Morgan fingerprint density at radius 3 is 2.31 bits per heavy atom. The number of amides is 2. The van der Waals surface area contributed by atoms with E-state index in [-0.39, 0.29) is 18.4 Å². The summed E-state index contributed by atoms with van der Waals surface area (Å²) in [6.07, 6.45) is 0. The van der Waals surface area contributed by atoms with Gasteiger partial charge in [0.2, 0.25) is 5.91 Å². The number of oxazole rings is 1. The first-order valence-corrected chi connectivity index (χ1v) is 11.3. The van der Waals surface area contributed by atoms with Gasteiger partial charge in [-0.15, -0.1) is 0 Å². The van der Waals surface area contributed by atoms with Crippen LogP contribution in [0.15, 0.2) is 82.0 Å². The summed E-state index contributed by atoms with van der Waals surface area (Å²) >= 11 is 0. The lowest BCUT2D eigenvalue weighted by atomic mass is 10.2. The number of nitrogens with one attached hydrogen (secondary N) is 2. The number of carbonyl (C=O) groups excluding carboxylic acids is 2. The minimum atomic E-state index is -0.668. The normalized spacial score (nSPS) is 13.5. The van der Waals surface area contributed by atoms with Crippen LogP contribution in [0.1, 0.15) is 10.4 Å². The molecule has 0 spiro atoms. The zero-order valence-corrected chi connectivity index (χ0v) is 18.9. The van der Waals surface area contributed by atoms with E-state index in [1.165, 1.54) is 4.57 Å². The number of ether oxygens (including phenoxy) is 1. The summed E-state index contributed by atoms with van der Waals surface area (Å²) < 4.78 is 11.9. The van der Waals surface area contributed by atoms with Crippen LogP contribution in [0.4, 0.5) is 17.1 Å². The molecule has 35 heavy (non-hydrogen) atoms. The van der Waals surface area contributed by atoms with E-state index in [2.05, 4.69) is 15.5 Å². The molecule has 1 saturated heterocycles. The number of nitrogens with zero attached hydrogens (tertiary/aromatic N) is 2. The summed E-state index contributed by atoms with van der Waals surface area (Å²) in [5.74, 6) is -1.38. The summed E-state index contributed by atoms with van der Waals surface area (Å²) in [4.78, 5) is 40.0. The molecule has 9 nitrogen and oxygen atoms in total. The van der Waals surface area contributed by atoms with Crippen LogP contribution in [0.2, 0.25) is 0 Å². The van der Waals surface area contributed by atoms with Crippen LogP contribution in [-0.4, -0.2) is 42.7 Å². The van der Waals surface area contributed by atoms with E-state index in [1.807, 2.05) is 42.5 Å². The van der Waals surface area contributed by atoms with E-state index >= 15 is 0 Å². The smallest absolute Gasteiger partial charge is 0.408 e. The van der Waals surface area contributed by atoms with Gasteiger partial charge in [0, 0.05) is 35.7 Å². The molecule has 1 aliphatic rings. The van der Waals surface area contributed by atoms with E-state index in [9.17, 15) is 14.4 Å². The zero-order valence-electron chi connectivity index (χ0n) is 18.9. The van der Waals surface area contributed by atoms with Crippen molar-refractivity contribution in [1.29, 1.82) is 0 Å². The van der Waals surface area contributed by atoms with Crippen LogP contribution in [0.3, 0.4) is 0 Å². The SMILES string of the molecule is O=C(Cn1c(=O)oc2ccc(C(=O)Nc3ccccc3)cc21)Nc1ccc(N2CCOCC2)cc1. The van der Waals surface area contributed by atoms with Gasteiger partial charge in [-0.2, -0.15) is 0 Å². The number of aromatic nitrogens is 1. The second-order valence-electron chi connectivity index (χ2n) is 8.15. The molecule has 0 saturated carbocycles. The molecule has 0 bridgehead atoms. The van der Waals surface area contributed by atoms with E-state index in [0.29, 0.717) is 41.3 Å². The highest BCUT2D eigenvalue weighted by Gasteiger charge is 2.16. The highest BCUT2D eigenvalue weighted by molar-refractivity contribution is 6.06. The largest absolute Gasteiger partial charge is 0.420 e. The van der Waals surface area contributed by atoms with Gasteiger partial charge in [0.15, 0.2) is 5.58 Å². The number of carbonyl (C=O) groups is 2. The predicted molar refractivity (Wildman–Crippen MR) is 133 cm³/mol. The average molecular weight is 473 g/mol. The van der Waals surface area contributed by atoms with Gasteiger partial charge in [-0.25, -0.2) is 4.79 Å². The lowest BCUT2D eigenvalue weighted by Crippen LogP contribution is -2.36. The summed E-state index contributed by atoms with van der Waals surface area (Å²) in [7, 11) is 0. The van der Waals surface area contributed by atoms with Crippen LogP contribution < -0.4 is 21.3 Å². The predicted octanol–water partition coefficient (Wildman–Crippen LogP) is 3.32. The maximum Gasteiger partial charge on any atom is 0.420 e. The minimum Gasteiger partial charge on any atom is -0.408 e. The van der Waals surface area contributed by atoms with Crippen molar-refractivity contribution in [3.05, 3.63) is 88.9 Å². The average Bonchev–Trinajstić information content (AvgIpc) is 3.19. The third-order valence-electron chi connectivity index (χ3n) is 5.79. The lowest BCUT2D eigenvalue weighted by Gasteiger charge is -2.28. The molecule has 3 aromatic carbocycles. The summed E-state index contributed by atoms with van der Waals surface area (Å²) in [5.41, 5.74) is 3.35. The Morgan fingerprint density at radius 1 is 0.857 bits per heavy atom. The molecule has 4 aromatic rings. The van der Waals surface area contributed by atoms with Crippen molar-refractivity contribution in [2.75, 3.05) is 41.8 Å². The highest BCUT2D eigenvalue weighted by atomic mass is 16.5. The van der Waals surface area contributed by atoms with Gasteiger partial charge in [0.05, 0.1) is 18.7 Å². The van der Waals surface area contributed by atoms with Gasteiger partial charge in [0.1, 0.15) is 6.54 Å². The molecule has 0 radical (unpaired) electrons. The summed E-state index contributed by atoms with van der Waals surface area (Å²) in [5, 5.41) is 5.61. The number of rotatable bonds is 6. The standard InChI is InChI=1S/C26H24N4O5/c31-24(27-20-7-9-21(10-8-20)29-12-14-34-15-13-29)17-30-22-16-18(6-11-23(22)35-26(30)33)25(32)28-19-4-2-1-3-5-19/h1-11,16H,12-15,17H2,(H,27,31)(H,28,32). The van der Waals surface area contributed by atoms with E-state index in [1.54, 1.807) is 30.3 Å². The Morgan fingerprint density at radius 2 is 1.57 bits per heavy atom. The third kappa shape index (κ3) is 5.10. The fraction of sp³-hybridized carbons (Fsp3) is 0.192. The molecule has 1 aromatic heterocycles. The van der Waals surface area contributed by atoms with Crippen LogP contribution >= 0.6 is 0 Å². The number of benzene rings is 3. The maximum absolute atomic E-state index is 12.7. The van der Waals surface area contributed by atoms with Crippen molar-refractivity contribution in [2.24, 2.45) is 0 Å². The van der Waals surface area contributed by atoms with Crippen molar-refractivity contribution in [1.82, 2.24) is 4.57 Å². The second-order valence-corrected chi connectivity index (χ2v) is 8.15. The first kappa shape index (κ1) is 22.4. The molecule has 1 aliphatic heterocycles. The van der Waals surface area contributed by atoms with Gasteiger partial charge in [-0.05, 0) is 54.6 Å². The number of para-hydroxylation sites is 1. The number of anilines is 3. The molecule has 2 amide bonds. The molecule has 178 valence electrons. The molecule has 2 N–H and O–H groups in total. The zero-order chi connectivity index (χ0) is 24.2. The summed E-state index contributed by atoms with van der Waals surface area (Å²) in [6.45, 7) is 2.80. The van der Waals surface area contributed by atoms with Gasteiger partial charge >= 0.3 is 5.76 Å². The fourth-order valence-electron chi connectivity index (χ4n) is 4.00. The van der Waals surface area contributed by atoms with Crippen molar-refractivity contribution in [2.45, 2.75) is 6.54 Å². The van der Waals surface area contributed by atoms with Gasteiger partial charge in [0.25, 0.3) is 5.91 Å². The van der Waals surface area contributed by atoms with Crippen molar-refractivity contribution in [3.8, 4) is 0 Å². The molecule has 1 fully saturated rings. The van der Waals surface area contributed by atoms with Gasteiger partial charge in [-0.1, -0.05) is 18.2 Å². The van der Waals surface area contributed by atoms with E-state index in [0.717, 1.165) is 18.8 Å². The third-order valence-corrected chi connectivity index (χ3v) is 5.79. The Balaban J connectivity index is 1.29. The fourth-order valence-corrected chi connectivity index (χ4v) is 4.00. The first-order chi connectivity index (χ1) is 17.1.